The molecule has 1 aromatic heterocycles. The van der Waals surface area contributed by atoms with Gasteiger partial charge in [0.15, 0.2) is 0 Å². The summed E-state index contributed by atoms with van der Waals surface area (Å²) in [7, 11) is 0. The summed E-state index contributed by atoms with van der Waals surface area (Å²) >= 11 is 10.2. The van der Waals surface area contributed by atoms with Crippen molar-refractivity contribution < 1.29 is 0 Å². The summed E-state index contributed by atoms with van der Waals surface area (Å²) in [5, 5.41) is 4.83. The highest BCUT2D eigenvalue weighted by atomic mass is 35.5. The van der Waals surface area contributed by atoms with E-state index in [-0.39, 0.29) is 0 Å². The van der Waals surface area contributed by atoms with Gasteiger partial charge in [-0.2, -0.15) is 5.10 Å². The van der Waals surface area contributed by atoms with Gasteiger partial charge in [-0.3, -0.25) is 0 Å². The lowest BCUT2D eigenvalue weighted by Crippen LogP contribution is -1.97. The van der Waals surface area contributed by atoms with Gasteiger partial charge in [0, 0.05) is 16.8 Å². The van der Waals surface area contributed by atoms with E-state index in [1.54, 1.807) is 6.20 Å². The van der Waals surface area contributed by atoms with Crippen LogP contribution < -0.4 is 0 Å². The standard InChI is InChI=1S/C10H9ClN2S/c1-7-4-5-12-13(7)8-2-3-10(14)9(11)6-8/h2-6,14H,1H3. The molecule has 14 heavy (non-hydrogen) atoms. The van der Waals surface area contributed by atoms with E-state index in [2.05, 4.69) is 17.7 Å². The van der Waals surface area contributed by atoms with Crippen LogP contribution in [0.4, 0.5) is 0 Å². The maximum atomic E-state index is 5.97. The minimum absolute atomic E-state index is 0.640. The van der Waals surface area contributed by atoms with Crippen molar-refractivity contribution in [2.24, 2.45) is 0 Å². The molecule has 0 aliphatic carbocycles. The zero-order valence-electron chi connectivity index (χ0n) is 7.61. The molecule has 0 radical (unpaired) electrons. The van der Waals surface area contributed by atoms with Crippen LogP contribution in [0.25, 0.3) is 5.69 Å². The third-order valence-electron chi connectivity index (χ3n) is 2.01. The number of nitrogens with zero attached hydrogens (tertiary/aromatic N) is 2. The summed E-state index contributed by atoms with van der Waals surface area (Å²) in [5.74, 6) is 0. The predicted octanol–water partition coefficient (Wildman–Crippen LogP) is 3.12. The quantitative estimate of drug-likeness (QED) is 0.737. The van der Waals surface area contributed by atoms with Crippen molar-refractivity contribution in [1.29, 1.82) is 0 Å². The molecule has 2 aromatic rings. The van der Waals surface area contributed by atoms with Gasteiger partial charge in [0.05, 0.1) is 10.7 Å². The van der Waals surface area contributed by atoms with Crippen molar-refractivity contribution in [2.45, 2.75) is 11.8 Å². The van der Waals surface area contributed by atoms with Crippen molar-refractivity contribution in [1.82, 2.24) is 9.78 Å². The largest absolute Gasteiger partial charge is 0.238 e. The Hall–Kier alpha value is -0.930. The van der Waals surface area contributed by atoms with Crippen LogP contribution in [0.5, 0.6) is 0 Å². The molecule has 0 saturated heterocycles. The average Bonchev–Trinajstić information content (AvgIpc) is 2.57. The first kappa shape index (κ1) is 9.62. The summed E-state index contributed by atoms with van der Waals surface area (Å²) in [4.78, 5) is 0.778. The zero-order valence-corrected chi connectivity index (χ0v) is 9.26. The van der Waals surface area contributed by atoms with Crippen LogP contribution >= 0.6 is 24.2 Å². The van der Waals surface area contributed by atoms with Crippen LogP contribution in [0, 0.1) is 6.92 Å². The highest BCUT2D eigenvalue weighted by Gasteiger charge is 2.02. The van der Waals surface area contributed by atoms with Crippen LogP contribution in [0.3, 0.4) is 0 Å². The first-order valence-electron chi connectivity index (χ1n) is 4.18. The van der Waals surface area contributed by atoms with Gasteiger partial charge in [-0.05, 0) is 31.2 Å². The predicted molar refractivity (Wildman–Crippen MR) is 60.6 cm³/mol. The molecule has 0 amide bonds. The Balaban J connectivity index is 2.53. The molecular formula is C10H9ClN2S. The van der Waals surface area contributed by atoms with Crippen molar-refractivity contribution in [2.75, 3.05) is 0 Å². The number of benzene rings is 1. The number of hydrogen-bond donors (Lipinski definition) is 1. The number of halogens is 1. The molecule has 1 heterocycles. The fourth-order valence-electron chi connectivity index (χ4n) is 1.27. The summed E-state index contributed by atoms with van der Waals surface area (Å²) in [5.41, 5.74) is 2.03. The lowest BCUT2D eigenvalue weighted by atomic mass is 10.3. The number of aryl methyl sites for hydroxylation is 1. The molecular weight excluding hydrogens is 216 g/mol. The highest BCUT2D eigenvalue weighted by molar-refractivity contribution is 7.80. The van der Waals surface area contributed by atoms with Crippen LogP contribution in [0.15, 0.2) is 35.4 Å². The monoisotopic (exact) mass is 224 g/mol. The van der Waals surface area contributed by atoms with E-state index in [4.69, 9.17) is 11.6 Å². The lowest BCUT2D eigenvalue weighted by Gasteiger charge is -2.05. The molecule has 2 rings (SSSR count). The molecule has 0 saturated carbocycles. The van der Waals surface area contributed by atoms with Gasteiger partial charge >= 0.3 is 0 Å². The molecule has 4 heteroatoms. The Morgan fingerprint density at radius 2 is 2.14 bits per heavy atom. The van der Waals surface area contributed by atoms with Crippen molar-refractivity contribution in [3.63, 3.8) is 0 Å². The topological polar surface area (TPSA) is 17.8 Å². The normalized spacial score (nSPS) is 10.5. The number of thiol groups is 1. The van der Waals surface area contributed by atoms with Crippen LogP contribution in [-0.4, -0.2) is 9.78 Å². The van der Waals surface area contributed by atoms with E-state index >= 15 is 0 Å². The summed E-state index contributed by atoms with van der Waals surface area (Å²) in [6.45, 7) is 2.00. The van der Waals surface area contributed by atoms with Crippen LogP contribution in [0.1, 0.15) is 5.69 Å². The third-order valence-corrected chi connectivity index (χ3v) is 2.84. The van der Waals surface area contributed by atoms with Gasteiger partial charge in [-0.1, -0.05) is 11.6 Å². The van der Waals surface area contributed by atoms with Crippen molar-refractivity contribution >= 4 is 24.2 Å². The van der Waals surface area contributed by atoms with Gasteiger partial charge < -0.3 is 0 Å². The SMILES string of the molecule is Cc1ccnn1-c1ccc(S)c(Cl)c1. The summed E-state index contributed by atoms with van der Waals surface area (Å²) in [6, 6.07) is 7.60. The molecule has 1 aromatic carbocycles. The molecule has 72 valence electrons. The highest BCUT2D eigenvalue weighted by Crippen LogP contribution is 2.23. The average molecular weight is 225 g/mol. The van der Waals surface area contributed by atoms with E-state index in [9.17, 15) is 0 Å². The minimum Gasteiger partial charge on any atom is -0.238 e. The van der Waals surface area contributed by atoms with Crippen molar-refractivity contribution in [3.05, 3.63) is 41.2 Å². The van der Waals surface area contributed by atoms with E-state index in [0.717, 1.165) is 16.3 Å². The molecule has 0 atom stereocenters. The van der Waals surface area contributed by atoms with Gasteiger partial charge in [-0.25, -0.2) is 4.68 Å². The fourth-order valence-corrected chi connectivity index (χ4v) is 1.58. The molecule has 2 nitrogen and oxygen atoms in total. The van der Waals surface area contributed by atoms with E-state index in [1.165, 1.54) is 0 Å². The maximum absolute atomic E-state index is 5.97. The first-order valence-corrected chi connectivity index (χ1v) is 5.00. The van der Waals surface area contributed by atoms with Crippen LogP contribution in [0.2, 0.25) is 5.02 Å². The van der Waals surface area contributed by atoms with E-state index < -0.39 is 0 Å². The molecule has 0 aliphatic rings. The molecule has 0 spiro atoms. The van der Waals surface area contributed by atoms with Gasteiger partial charge in [0.1, 0.15) is 0 Å². The molecule has 0 unspecified atom stereocenters. The van der Waals surface area contributed by atoms with Gasteiger partial charge in [-0.15, -0.1) is 12.6 Å². The lowest BCUT2D eigenvalue weighted by molar-refractivity contribution is 0.846. The minimum atomic E-state index is 0.640. The Morgan fingerprint density at radius 1 is 1.36 bits per heavy atom. The van der Waals surface area contributed by atoms with E-state index in [0.29, 0.717) is 5.02 Å². The van der Waals surface area contributed by atoms with Gasteiger partial charge in [0.2, 0.25) is 0 Å². The second kappa shape index (κ2) is 3.67. The number of aromatic nitrogens is 2. The maximum Gasteiger partial charge on any atom is 0.0664 e. The summed E-state index contributed by atoms with van der Waals surface area (Å²) in [6.07, 6.45) is 1.76. The van der Waals surface area contributed by atoms with Gasteiger partial charge in [0.25, 0.3) is 0 Å². The number of rotatable bonds is 1. The fraction of sp³-hybridized carbons (Fsp3) is 0.100. The Bertz CT molecular complexity index is 465. The second-order valence-electron chi connectivity index (χ2n) is 3.02. The first-order chi connectivity index (χ1) is 6.68. The zero-order chi connectivity index (χ0) is 10.1. The molecule has 0 bridgehead atoms. The molecule has 0 N–H and O–H groups in total. The molecule has 0 aliphatic heterocycles. The molecule has 0 fully saturated rings. The smallest absolute Gasteiger partial charge is 0.0664 e. The third kappa shape index (κ3) is 1.65. The summed E-state index contributed by atoms with van der Waals surface area (Å²) < 4.78 is 1.83. The Morgan fingerprint density at radius 3 is 2.71 bits per heavy atom. The van der Waals surface area contributed by atoms with Crippen LogP contribution in [-0.2, 0) is 0 Å². The Labute approximate surface area is 92.9 Å². The second-order valence-corrected chi connectivity index (χ2v) is 3.91. The number of hydrogen-bond acceptors (Lipinski definition) is 2. The Kier molecular flexibility index (Phi) is 2.52. The van der Waals surface area contributed by atoms with Crippen molar-refractivity contribution in [3.8, 4) is 5.69 Å². The van der Waals surface area contributed by atoms with E-state index in [1.807, 2.05) is 35.9 Å².